The molecule has 1 fully saturated rings. The number of carbonyl (C=O) groups is 1. The molecule has 5 rings (SSSR count). The maximum Gasteiger partial charge on any atom is 0.253 e. The van der Waals surface area contributed by atoms with Gasteiger partial charge in [0.25, 0.3) is 5.91 Å². The molecule has 0 radical (unpaired) electrons. The van der Waals surface area contributed by atoms with Crippen molar-refractivity contribution < 1.29 is 14.3 Å². The molecule has 186 valence electrons. The summed E-state index contributed by atoms with van der Waals surface area (Å²) in [6, 6.07) is 15.7. The Kier molecular flexibility index (Phi) is 6.95. The average molecular weight is 505 g/mol. The summed E-state index contributed by atoms with van der Waals surface area (Å²) in [4.78, 5) is 17.5. The second kappa shape index (κ2) is 10.4. The zero-order chi connectivity index (χ0) is 25.1. The minimum Gasteiger partial charge on any atom is -0.497 e. The Morgan fingerprint density at radius 2 is 1.83 bits per heavy atom. The number of allylic oxidation sites excluding steroid dienone is 1. The second-order valence-electron chi connectivity index (χ2n) is 8.67. The smallest absolute Gasteiger partial charge is 0.253 e. The Morgan fingerprint density at radius 1 is 1.14 bits per heavy atom. The molecule has 1 aliphatic carbocycles. The normalized spacial score (nSPS) is 20.2. The zero-order valence-corrected chi connectivity index (χ0v) is 21.0. The molecule has 3 N–H and O–H groups in total. The first-order valence-electron chi connectivity index (χ1n) is 11.8. The molecule has 36 heavy (non-hydrogen) atoms. The number of aromatic amines is 1. The highest BCUT2D eigenvalue weighted by molar-refractivity contribution is 7.99. The number of amides is 1. The molecule has 1 aliphatic heterocycles. The summed E-state index contributed by atoms with van der Waals surface area (Å²) >= 11 is 1.24. The molecule has 10 heteroatoms. The summed E-state index contributed by atoms with van der Waals surface area (Å²) in [5, 5.41) is 13.6. The number of rotatable bonds is 7. The minimum atomic E-state index is -0.184. The van der Waals surface area contributed by atoms with E-state index in [1.165, 1.54) is 17.3 Å². The lowest BCUT2D eigenvalue weighted by atomic mass is 9.77. The van der Waals surface area contributed by atoms with E-state index >= 15 is 0 Å². The zero-order valence-electron chi connectivity index (χ0n) is 20.2. The number of hydrogen-bond donors (Lipinski definition) is 2. The van der Waals surface area contributed by atoms with Crippen LogP contribution in [0.2, 0.25) is 0 Å². The Bertz CT molecular complexity index is 1290. The van der Waals surface area contributed by atoms with Crippen LogP contribution in [-0.2, 0) is 4.79 Å². The number of fused-ring (bicyclic) bond motifs is 1. The van der Waals surface area contributed by atoms with E-state index in [9.17, 15) is 4.79 Å². The van der Waals surface area contributed by atoms with E-state index in [1.54, 1.807) is 19.2 Å². The largest absolute Gasteiger partial charge is 0.497 e. The van der Waals surface area contributed by atoms with Crippen LogP contribution in [0.1, 0.15) is 36.4 Å². The van der Waals surface area contributed by atoms with Gasteiger partial charge in [0.2, 0.25) is 11.1 Å². The Balaban J connectivity index is 1.46. The number of H-pyrrole nitrogens is 1. The molecular weight excluding hydrogens is 476 g/mol. The number of carbonyl (C=O) groups excluding carboxylic acids is 1. The molecule has 0 unspecified atom stereocenters. The highest BCUT2D eigenvalue weighted by Gasteiger charge is 2.43. The van der Waals surface area contributed by atoms with Crippen LogP contribution in [0.3, 0.4) is 0 Å². The van der Waals surface area contributed by atoms with Crippen molar-refractivity contribution in [2.45, 2.75) is 30.5 Å². The molecule has 2 heterocycles. The topological polar surface area (TPSA) is 119 Å². The van der Waals surface area contributed by atoms with Gasteiger partial charge in [-0.3, -0.25) is 4.79 Å². The first kappa shape index (κ1) is 23.9. The van der Waals surface area contributed by atoms with E-state index in [4.69, 9.17) is 20.3 Å². The van der Waals surface area contributed by atoms with Crippen molar-refractivity contribution in [3.8, 4) is 11.5 Å². The number of ether oxygens (including phenoxy) is 2. The summed E-state index contributed by atoms with van der Waals surface area (Å²) in [6.07, 6.45) is 5.09. The van der Waals surface area contributed by atoms with Gasteiger partial charge in [0.1, 0.15) is 11.5 Å². The Hall–Kier alpha value is -3.79. The van der Waals surface area contributed by atoms with Crippen LogP contribution < -0.4 is 15.2 Å². The van der Waals surface area contributed by atoms with Gasteiger partial charge in [-0.05, 0) is 66.3 Å². The summed E-state index contributed by atoms with van der Waals surface area (Å²) in [5.74, 6) is 1.99. The summed E-state index contributed by atoms with van der Waals surface area (Å²) in [7, 11) is 3.30. The number of anilines is 1. The van der Waals surface area contributed by atoms with E-state index in [-0.39, 0.29) is 29.6 Å². The molecule has 0 spiro atoms. The van der Waals surface area contributed by atoms with Crippen molar-refractivity contribution in [3.63, 3.8) is 0 Å². The van der Waals surface area contributed by atoms with E-state index < -0.39 is 0 Å². The van der Waals surface area contributed by atoms with Gasteiger partial charge in [-0.25, -0.2) is 10.1 Å². The molecular formula is C26H28N6O3S. The fourth-order valence-corrected chi connectivity index (χ4v) is 5.42. The minimum absolute atomic E-state index is 0.102. The van der Waals surface area contributed by atoms with Crippen LogP contribution in [0.25, 0.3) is 6.08 Å². The number of thioether (sulfide) groups is 1. The van der Waals surface area contributed by atoms with Crippen molar-refractivity contribution in [1.82, 2.24) is 20.2 Å². The van der Waals surface area contributed by atoms with Gasteiger partial charge in [-0.2, -0.15) is 10.1 Å². The summed E-state index contributed by atoms with van der Waals surface area (Å²) < 4.78 is 10.6. The van der Waals surface area contributed by atoms with Gasteiger partial charge in [0, 0.05) is 5.92 Å². The van der Waals surface area contributed by atoms with E-state index in [0.29, 0.717) is 5.16 Å². The molecule has 1 aromatic heterocycles. The predicted octanol–water partition coefficient (Wildman–Crippen LogP) is 4.32. The number of hydrazone groups is 1. The highest BCUT2D eigenvalue weighted by Crippen LogP contribution is 2.45. The van der Waals surface area contributed by atoms with Crippen LogP contribution in [0, 0.1) is 5.92 Å². The molecule has 2 atom stereocenters. The number of nitrogen functional groups attached to an aromatic ring is 1. The monoisotopic (exact) mass is 504 g/mol. The maximum absolute atomic E-state index is 13.5. The number of nitrogens with zero attached hydrogens (tertiary/aromatic N) is 4. The van der Waals surface area contributed by atoms with Crippen LogP contribution in [0.5, 0.6) is 11.5 Å². The van der Waals surface area contributed by atoms with Crippen LogP contribution in [0.4, 0.5) is 5.95 Å². The van der Waals surface area contributed by atoms with Crippen LogP contribution in [0.15, 0.2) is 64.4 Å². The summed E-state index contributed by atoms with van der Waals surface area (Å²) in [5.41, 5.74) is 9.88. The number of nitrogens with one attached hydrogen (secondary N) is 1. The second-order valence-corrected chi connectivity index (χ2v) is 9.62. The van der Waals surface area contributed by atoms with Crippen molar-refractivity contribution >= 4 is 35.4 Å². The van der Waals surface area contributed by atoms with E-state index in [0.717, 1.165) is 47.6 Å². The third kappa shape index (κ3) is 4.94. The molecule has 2 aliphatic rings. The first-order chi connectivity index (χ1) is 17.6. The third-order valence-corrected chi connectivity index (χ3v) is 7.31. The highest BCUT2D eigenvalue weighted by atomic mass is 32.2. The van der Waals surface area contributed by atoms with Gasteiger partial charge in [0.05, 0.1) is 31.7 Å². The van der Waals surface area contributed by atoms with Crippen LogP contribution in [-0.4, -0.2) is 51.8 Å². The van der Waals surface area contributed by atoms with E-state index in [2.05, 4.69) is 21.3 Å². The van der Waals surface area contributed by atoms with Crippen molar-refractivity contribution in [3.05, 3.63) is 65.2 Å². The van der Waals surface area contributed by atoms with Gasteiger partial charge in [-0.15, -0.1) is 5.10 Å². The lowest BCUT2D eigenvalue weighted by Crippen LogP contribution is -2.32. The molecule has 0 bridgehead atoms. The number of benzene rings is 2. The molecule has 1 saturated carbocycles. The number of hydrogen-bond acceptors (Lipinski definition) is 8. The van der Waals surface area contributed by atoms with Gasteiger partial charge in [-0.1, -0.05) is 36.0 Å². The molecule has 2 aromatic carbocycles. The van der Waals surface area contributed by atoms with Gasteiger partial charge < -0.3 is 15.2 Å². The maximum atomic E-state index is 13.5. The van der Waals surface area contributed by atoms with E-state index in [1.807, 2.05) is 48.5 Å². The molecule has 3 aromatic rings. The Morgan fingerprint density at radius 3 is 2.47 bits per heavy atom. The number of methoxy groups -OCH3 is 2. The van der Waals surface area contributed by atoms with Crippen molar-refractivity contribution in [1.29, 1.82) is 0 Å². The number of aromatic nitrogens is 3. The molecule has 1 amide bonds. The van der Waals surface area contributed by atoms with Crippen molar-refractivity contribution in [2.75, 3.05) is 25.7 Å². The average Bonchev–Trinajstić information content (AvgIpc) is 3.52. The molecule has 0 saturated heterocycles. The van der Waals surface area contributed by atoms with Gasteiger partial charge >= 0.3 is 0 Å². The lowest BCUT2D eigenvalue weighted by Gasteiger charge is -2.29. The third-order valence-electron chi connectivity index (χ3n) is 6.48. The van der Waals surface area contributed by atoms with Crippen LogP contribution >= 0.6 is 11.8 Å². The van der Waals surface area contributed by atoms with Crippen molar-refractivity contribution in [2.24, 2.45) is 11.0 Å². The number of nitrogens with two attached hydrogens (primary N) is 1. The standard InChI is InChI=1S/C26H28N6O3S/c1-34-19-10-6-16(7-11-19)14-18-4-3-5-21-23(18)31-32(22(33)15-36-26-28-25(27)29-30-26)24(21)17-8-12-20(35-2)13-9-17/h6-14,21,24H,3-5,15H2,1-2H3,(H3,27,28,29,30)/b18-14-/t21-,24-/m1/s1. The Labute approximate surface area is 213 Å². The quantitative estimate of drug-likeness (QED) is 0.460. The van der Waals surface area contributed by atoms with Gasteiger partial charge in [0.15, 0.2) is 0 Å². The molecule has 9 nitrogen and oxygen atoms in total. The lowest BCUT2D eigenvalue weighted by molar-refractivity contribution is -0.130. The fraction of sp³-hybridized carbons (Fsp3) is 0.308. The first-order valence-corrected chi connectivity index (χ1v) is 12.7. The predicted molar refractivity (Wildman–Crippen MR) is 140 cm³/mol. The fourth-order valence-electron chi connectivity index (χ4n) is 4.76. The summed E-state index contributed by atoms with van der Waals surface area (Å²) in [6.45, 7) is 0. The SMILES string of the molecule is COc1ccc(/C=C2/CCC[C@@H]3C2=NN(C(=O)CSc2n[nH]c(N)n2)[C@@H]3c2ccc(OC)cc2)cc1.